The fourth-order valence-electron chi connectivity index (χ4n) is 2.46. The Hall–Kier alpha value is -1.65. The highest BCUT2D eigenvalue weighted by molar-refractivity contribution is 5.92. The molecule has 1 saturated carbocycles. The van der Waals surface area contributed by atoms with Crippen molar-refractivity contribution in [3.05, 3.63) is 17.8 Å². The molecule has 0 unspecified atom stereocenters. The van der Waals surface area contributed by atoms with Crippen LogP contribution >= 0.6 is 0 Å². The molecule has 5 nitrogen and oxygen atoms in total. The Bertz CT molecular complexity index is 430. The summed E-state index contributed by atoms with van der Waals surface area (Å²) in [7, 11) is 3.79. The van der Waals surface area contributed by atoms with Gasteiger partial charge in [0, 0.05) is 20.1 Å². The second kappa shape index (κ2) is 5.99. The fourth-order valence-corrected chi connectivity index (χ4v) is 2.46. The highest BCUT2D eigenvalue weighted by Crippen LogP contribution is 2.23. The molecule has 0 spiro atoms. The molecule has 1 heterocycles. The molecule has 1 aromatic heterocycles. The predicted molar refractivity (Wildman–Crippen MR) is 75.2 cm³/mol. The highest BCUT2D eigenvalue weighted by atomic mass is 16.2. The molecule has 1 N–H and O–H groups in total. The number of carbonyl (C=O) groups is 1. The van der Waals surface area contributed by atoms with E-state index in [1.54, 1.807) is 6.07 Å². The van der Waals surface area contributed by atoms with Gasteiger partial charge in [-0.15, -0.1) is 10.2 Å². The van der Waals surface area contributed by atoms with Crippen molar-refractivity contribution < 1.29 is 4.79 Å². The molecule has 104 valence electrons. The molecule has 1 aromatic rings. The maximum atomic E-state index is 12.1. The monoisotopic (exact) mass is 262 g/mol. The van der Waals surface area contributed by atoms with Crippen LogP contribution in [0.15, 0.2) is 12.1 Å². The molecule has 1 amide bonds. The highest BCUT2D eigenvalue weighted by Gasteiger charge is 2.23. The average molecular weight is 262 g/mol. The summed E-state index contributed by atoms with van der Waals surface area (Å²) >= 11 is 0. The van der Waals surface area contributed by atoms with Crippen LogP contribution in [0.2, 0.25) is 0 Å². The zero-order valence-corrected chi connectivity index (χ0v) is 11.9. The number of amides is 1. The number of hydrogen-bond acceptors (Lipinski definition) is 4. The number of rotatable bonds is 3. The van der Waals surface area contributed by atoms with Crippen LogP contribution in [0.5, 0.6) is 0 Å². The molecule has 2 rings (SSSR count). The summed E-state index contributed by atoms with van der Waals surface area (Å²) < 4.78 is 0. The van der Waals surface area contributed by atoms with Crippen LogP contribution in [0, 0.1) is 5.92 Å². The first kappa shape index (κ1) is 13.8. The summed E-state index contributed by atoms with van der Waals surface area (Å²) in [5.41, 5.74) is 0.392. The van der Waals surface area contributed by atoms with E-state index in [4.69, 9.17) is 0 Å². The molecule has 1 aliphatic carbocycles. The van der Waals surface area contributed by atoms with Gasteiger partial charge in [0.05, 0.1) is 0 Å². The first-order chi connectivity index (χ1) is 9.08. The largest absolute Gasteiger partial charge is 0.361 e. The van der Waals surface area contributed by atoms with Crippen LogP contribution in [0.3, 0.4) is 0 Å². The number of nitrogens with one attached hydrogen (secondary N) is 1. The summed E-state index contributed by atoms with van der Waals surface area (Å²) in [6, 6.07) is 3.81. The second-order valence-corrected chi connectivity index (χ2v) is 5.51. The SMILES string of the molecule is C[C@H]1CCCC[C@H]1NC(=O)c1ccc(N(C)C)nn1. The minimum absolute atomic E-state index is 0.114. The average Bonchev–Trinajstić information content (AvgIpc) is 2.41. The van der Waals surface area contributed by atoms with Crippen molar-refractivity contribution in [2.24, 2.45) is 5.92 Å². The van der Waals surface area contributed by atoms with E-state index in [9.17, 15) is 4.79 Å². The van der Waals surface area contributed by atoms with Gasteiger partial charge in [0.15, 0.2) is 11.5 Å². The van der Waals surface area contributed by atoms with Crippen molar-refractivity contribution in [3.8, 4) is 0 Å². The van der Waals surface area contributed by atoms with Crippen molar-refractivity contribution in [1.82, 2.24) is 15.5 Å². The third-order valence-electron chi connectivity index (χ3n) is 3.77. The van der Waals surface area contributed by atoms with Gasteiger partial charge < -0.3 is 10.2 Å². The van der Waals surface area contributed by atoms with Gasteiger partial charge in [-0.2, -0.15) is 0 Å². The zero-order valence-electron chi connectivity index (χ0n) is 11.9. The number of hydrogen-bond donors (Lipinski definition) is 1. The zero-order chi connectivity index (χ0) is 13.8. The molecule has 5 heteroatoms. The van der Waals surface area contributed by atoms with Gasteiger partial charge in [-0.3, -0.25) is 4.79 Å². The van der Waals surface area contributed by atoms with Crippen LogP contribution in [0.4, 0.5) is 5.82 Å². The van der Waals surface area contributed by atoms with Crippen LogP contribution in [0.1, 0.15) is 43.1 Å². The Morgan fingerprint density at radius 2 is 2.00 bits per heavy atom. The lowest BCUT2D eigenvalue weighted by atomic mass is 9.86. The summed E-state index contributed by atoms with van der Waals surface area (Å²) in [5.74, 6) is 1.19. The van der Waals surface area contributed by atoms with Crippen molar-refractivity contribution in [1.29, 1.82) is 0 Å². The lowest BCUT2D eigenvalue weighted by Gasteiger charge is -2.29. The first-order valence-corrected chi connectivity index (χ1v) is 6.90. The van der Waals surface area contributed by atoms with Crippen LogP contribution in [-0.4, -0.2) is 36.2 Å². The quantitative estimate of drug-likeness (QED) is 0.903. The molecular weight excluding hydrogens is 240 g/mol. The molecule has 0 aliphatic heterocycles. The van der Waals surface area contributed by atoms with Gasteiger partial charge in [-0.25, -0.2) is 0 Å². The van der Waals surface area contributed by atoms with Gasteiger partial charge >= 0.3 is 0 Å². The Labute approximate surface area is 114 Å². The molecule has 1 aliphatic rings. The number of nitrogens with zero attached hydrogens (tertiary/aromatic N) is 3. The normalized spacial score (nSPS) is 22.9. The standard InChI is InChI=1S/C14H22N4O/c1-10-6-4-5-7-11(10)15-14(19)12-8-9-13(17-16-12)18(2)3/h8-11H,4-7H2,1-3H3,(H,15,19)/t10-,11+/m0/s1. The van der Waals surface area contributed by atoms with Gasteiger partial charge in [0.25, 0.3) is 5.91 Å². The summed E-state index contributed by atoms with van der Waals surface area (Å²) in [6.45, 7) is 2.20. The maximum absolute atomic E-state index is 12.1. The fraction of sp³-hybridized carbons (Fsp3) is 0.643. The van der Waals surface area contributed by atoms with Crippen molar-refractivity contribution in [2.45, 2.75) is 38.6 Å². The van der Waals surface area contributed by atoms with E-state index in [0.717, 1.165) is 12.2 Å². The summed E-state index contributed by atoms with van der Waals surface area (Å²) in [6.07, 6.45) is 4.72. The molecular formula is C14H22N4O. The van der Waals surface area contributed by atoms with Crippen molar-refractivity contribution >= 4 is 11.7 Å². The van der Waals surface area contributed by atoms with Crippen LogP contribution < -0.4 is 10.2 Å². The third-order valence-corrected chi connectivity index (χ3v) is 3.77. The van der Waals surface area contributed by atoms with E-state index in [1.165, 1.54) is 19.3 Å². The van der Waals surface area contributed by atoms with E-state index < -0.39 is 0 Å². The Morgan fingerprint density at radius 1 is 1.26 bits per heavy atom. The lowest BCUT2D eigenvalue weighted by Crippen LogP contribution is -2.41. The smallest absolute Gasteiger partial charge is 0.272 e. The minimum Gasteiger partial charge on any atom is -0.361 e. The minimum atomic E-state index is -0.114. The van der Waals surface area contributed by atoms with Gasteiger partial charge in [-0.05, 0) is 30.9 Å². The first-order valence-electron chi connectivity index (χ1n) is 6.90. The second-order valence-electron chi connectivity index (χ2n) is 5.51. The topological polar surface area (TPSA) is 58.1 Å². The summed E-state index contributed by atoms with van der Waals surface area (Å²) in [4.78, 5) is 14.0. The van der Waals surface area contributed by atoms with Crippen molar-refractivity contribution in [2.75, 3.05) is 19.0 Å². The van der Waals surface area contributed by atoms with E-state index in [0.29, 0.717) is 11.6 Å². The third kappa shape index (κ3) is 3.43. The Kier molecular flexibility index (Phi) is 4.35. The van der Waals surface area contributed by atoms with Gasteiger partial charge in [-0.1, -0.05) is 19.8 Å². The van der Waals surface area contributed by atoms with E-state index >= 15 is 0 Å². The van der Waals surface area contributed by atoms with Crippen molar-refractivity contribution in [3.63, 3.8) is 0 Å². The molecule has 1 fully saturated rings. The van der Waals surface area contributed by atoms with Gasteiger partial charge in [0.2, 0.25) is 0 Å². The summed E-state index contributed by atoms with van der Waals surface area (Å²) in [5, 5.41) is 11.1. The van der Waals surface area contributed by atoms with Gasteiger partial charge in [0.1, 0.15) is 0 Å². The molecule has 0 bridgehead atoms. The molecule has 19 heavy (non-hydrogen) atoms. The van der Waals surface area contributed by atoms with E-state index in [1.807, 2.05) is 25.1 Å². The molecule has 2 atom stereocenters. The van der Waals surface area contributed by atoms with E-state index in [-0.39, 0.29) is 11.9 Å². The lowest BCUT2D eigenvalue weighted by molar-refractivity contribution is 0.0904. The van der Waals surface area contributed by atoms with E-state index in [2.05, 4.69) is 22.4 Å². The van der Waals surface area contributed by atoms with Crippen LogP contribution in [0.25, 0.3) is 0 Å². The maximum Gasteiger partial charge on any atom is 0.272 e. The molecule has 0 saturated heterocycles. The molecule has 0 radical (unpaired) electrons. The predicted octanol–water partition coefficient (Wildman–Crippen LogP) is 1.85. The Balaban J connectivity index is 1.99. The number of aromatic nitrogens is 2. The van der Waals surface area contributed by atoms with Crippen LogP contribution in [-0.2, 0) is 0 Å². The molecule has 0 aromatic carbocycles. The number of anilines is 1. The Morgan fingerprint density at radius 3 is 2.58 bits per heavy atom. The number of carbonyl (C=O) groups excluding carboxylic acids is 1.